The van der Waals surface area contributed by atoms with Crippen molar-refractivity contribution in [2.45, 2.75) is 26.4 Å². The Bertz CT molecular complexity index is 833. The smallest absolute Gasteiger partial charge is 0.147 e. The summed E-state index contributed by atoms with van der Waals surface area (Å²) in [5.41, 5.74) is 2.31. The van der Waals surface area contributed by atoms with Gasteiger partial charge in [-0.15, -0.1) is 0 Å². The highest BCUT2D eigenvalue weighted by Gasteiger charge is 2.06. The number of hydrogen-bond donors (Lipinski definition) is 0. The Balaban J connectivity index is 1.76. The van der Waals surface area contributed by atoms with Gasteiger partial charge in [0.25, 0.3) is 0 Å². The Hall–Kier alpha value is -3.21. The first-order chi connectivity index (χ1) is 13.7. The topological polar surface area (TPSA) is 47.2 Å². The van der Waals surface area contributed by atoms with Crippen LogP contribution in [0.5, 0.6) is 11.5 Å². The molecule has 0 atom stereocenters. The summed E-state index contributed by atoms with van der Waals surface area (Å²) in [7, 11) is 3.34. The van der Waals surface area contributed by atoms with Crippen LogP contribution in [0.1, 0.15) is 29.6 Å². The fourth-order valence-corrected chi connectivity index (χ4v) is 2.81. The highest BCUT2D eigenvalue weighted by atomic mass is 16.5. The molecule has 0 saturated carbocycles. The summed E-state index contributed by atoms with van der Waals surface area (Å²) in [6.45, 7) is 3.42. The second kappa shape index (κ2) is 9.65. The second-order valence-corrected chi connectivity index (χ2v) is 6.42. The fraction of sp³-hybridized carbons (Fsp3) is 0.261. The summed E-state index contributed by atoms with van der Waals surface area (Å²) in [5.74, 6) is 3.40. The third-order valence-electron chi connectivity index (χ3n) is 4.43. The van der Waals surface area contributed by atoms with E-state index in [4.69, 9.17) is 13.9 Å². The van der Waals surface area contributed by atoms with Crippen LogP contribution in [-0.4, -0.2) is 25.4 Å². The van der Waals surface area contributed by atoms with Crippen molar-refractivity contribution in [3.63, 3.8) is 0 Å². The third-order valence-corrected chi connectivity index (χ3v) is 4.43. The van der Waals surface area contributed by atoms with Crippen molar-refractivity contribution in [2.24, 2.45) is 5.10 Å². The van der Waals surface area contributed by atoms with Crippen molar-refractivity contribution < 1.29 is 13.9 Å². The number of benzene rings is 2. The van der Waals surface area contributed by atoms with E-state index in [0.29, 0.717) is 13.1 Å². The molecule has 28 heavy (non-hydrogen) atoms. The molecule has 0 aliphatic heterocycles. The largest absolute Gasteiger partial charge is 0.497 e. The molecule has 0 aliphatic carbocycles. The van der Waals surface area contributed by atoms with Gasteiger partial charge in [-0.05, 0) is 47.5 Å². The number of methoxy groups -OCH3 is 2. The molecule has 0 bridgehead atoms. The number of nitrogens with zero attached hydrogens (tertiary/aromatic N) is 2. The van der Waals surface area contributed by atoms with E-state index in [1.54, 1.807) is 20.4 Å². The average Bonchev–Trinajstić information content (AvgIpc) is 3.21. The van der Waals surface area contributed by atoms with Crippen LogP contribution in [0, 0.1) is 0 Å². The van der Waals surface area contributed by atoms with Crippen molar-refractivity contribution in [3.8, 4) is 11.5 Å². The van der Waals surface area contributed by atoms with E-state index in [0.717, 1.165) is 40.6 Å². The number of aryl methyl sites for hydroxylation is 1. The van der Waals surface area contributed by atoms with Crippen molar-refractivity contribution in [2.75, 3.05) is 14.2 Å². The van der Waals surface area contributed by atoms with E-state index in [1.807, 2.05) is 41.4 Å². The van der Waals surface area contributed by atoms with Crippen LogP contribution in [-0.2, 0) is 19.5 Å². The quantitative estimate of drug-likeness (QED) is 0.393. The predicted octanol–water partition coefficient (Wildman–Crippen LogP) is 4.90. The van der Waals surface area contributed by atoms with Crippen LogP contribution in [0.4, 0.5) is 0 Å². The maximum Gasteiger partial charge on any atom is 0.147 e. The first kappa shape index (κ1) is 19.5. The van der Waals surface area contributed by atoms with E-state index in [9.17, 15) is 0 Å². The lowest BCUT2D eigenvalue weighted by molar-refractivity contribution is 0.271. The summed E-state index contributed by atoms with van der Waals surface area (Å²) in [5, 5.41) is 6.68. The van der Waals surface area contributed by atoms with Gasteiger partial charge in [-0.3, -0.25) is 5.01 Å². The molecule has 2 aromatic carbocycles. The van der Waals surface area contributed by atoms with Gasteiger partial charge in [0.05, 0.1) is 33.5 Å². The van der Waals surface area contributed by atoms with Gasteiger partial charge in [-0.25, -0.2) is 0 Å². The second-order valence-electron chi connectivity index (χ2n) is 6.42. The number of furan rings is 1. The molecule has 5 heteroatoms. The molecular formula is C23H26N2O3. The summed E-state index contributed by atoms with van der Waals surface area (Å²) >= 11 is 0. The molecule has 0 fully saturated rings. The SMILES string of the molecule is CCc1ccc(/C=N\N(Cc2ccc(OC)cc2)Cc2ccc(OC)cc2)o1. The van der Waals surface area contributed by atoms with Crippen LogP contribution < -0.4 is 9.47 Å². The molecule has 3 rings (SSSR count). The summed E-state index contributed by atoms with van der Waals surface area (Å²) in [6, 6.07) is 20.0. The van der Waals surface area contributed by atoms with E-state index in [-0.39, 0.29) is 0 Å². The van der Waals surface area contributed by atoms with Gasteiger partial charge in [0.1, 0.15) is 23.0 Å². The van der Waals surface area contributed by atoms with Crippen LogP contribution >= 0.6 is 0 Å². The standard InChI is InChI=1S/C23H26N2O3/c1-4-20-13-14-23(28-20)15-24-25(16-18-5-9-21(26-2)10-6-18)17-19-7-11-22(27-3)12-8-19/h5-15H,4,16-17H2,1-3H3/b24-15-. The monoisotopic (exact) mass is 378 g/mol. The van der Waals surface area contributed by atoms with E-state index in [1.165, 1.54) is 0 Å². The van der Waals surface area contributed by atoms with Gasteiger partial charge in [0, 0.05) is 6.42 Å². The minimum absolute atomic E-state index is 0.674. The van der Waals surface area contributed by atoms with Crippen molar-refractivity contribution in [1.82, 2.24) is 5.01 Å². The Labute approximate surface area is 166 Å². The first-order valence-electron chi connectivity index (χ1n) is 9.33. The predicted molar refractivity (Wildman–Crippen MR) is 111 cm³/mol. The van der Waals surface area contributed by atoms with Crippen LogP contribution in [0.25, 0.3) is 0 Å². The zero-order valence-electron chi connectivity index (χ0n) is 16.6. The van der Waals surface area contributed by atoms with E-state index < -0.39 is 0 Å². The van der Waals surface area contributed by atoms with Crippen molar-refractivity contribution in [1.29, 1.82) is 0 Å². The zero-order valence-corrected chi connectivity index (χ0v) is 16.6. The molecule has 1 aromatic heterocycles. The average molecular weight is 378 g/mol. The first-order valence-corrected chi connectivity index (χ1v) is 9.33. The minimum atomic E-state index is 0.674. The van der Waals surface area contributed by atoms with Gasteiger partial charge in [0.2, 0.25) is 0 Å². The van der Waals surface area contributed by atoms with Crippen LogP contribution in [0.15, 0.2) is 70.2 Å². The number of hydrogen-bond acceptors (Lipinski definition) is 5. The molecule has 0 N–H and O–H groups in total. The van der Waals surface area contributed by atoms with Crippen LogP contribution in [0.2, 0.25) is 0 Å². The molecular weight excluding hydrogens is 352 g/mol. The Morgan fingerprint density at radius 3 is 1.79 bits per heavy atom. The minimum Gasteiger partial charge on any atom is -0.497 e. The lowest BCUT2D eigenvalue weighted by atomic mass is 10.2. The van der Waals surface area contributed by atoms with Gasteiger partial charge in [-0.1, -0.05) is 31.2 Å². The third kappa shape index (κ3) is 5.39. The molecule has 146 valence electrons. The normalized spacial score (nSPS) is 11.0. The Morgan fingerprint density at radius 2 is 1.36 bits per heavy atom. The number of hydrazone groups is 1. The molecule has 0 saturated heterocycles. The molecule has 1 heterocycles. The molecule has 0 amide bonds. The maximum absolute atomic E-state index is 5.74. The van der Waals surface area contributed by atoms with Gasteiger partial charge >= 0.3 is 0 Å². The van der Waals surface area contributed by atoms with Crippen molar-refractivity contribution in [3.05, 3.63) is 83.3 Å². The number of ether oxygens (including phenoxy) is 2. The molecule has 0 aliphatic rings. The van der Waals surface area contributed by atoms with Crippen LogP contribution in [0.3, 0.4) is 0 Å². The lowest BCUT2D eigenvalue weighted by Crippen LogP contribution is -2.17. The molecule has 0 unspecified atom stereocenters. The molecule has 0 radical (unpaired) electrons. The maximum atomic E-state index is 5.74. The lowest BCUT2D eigenvalue weighted by Gasteiger charge is -2.19. The summed E-state index contributed by atoms with van der Waals surface area (Å²) in [6.07, 6.45) is 2.64. The highest BCUT2D eigenvalue weighted by Crippen LogP contribution is 2.17. The van der Waals surface area contributed by atoms with Crippen molar-refractivity contribution >= 4 is 6.21 Å². The highest BCUT2D eigenvalue weighted by molar-refractivity contribution is 5.75. The Morgan fingerprint density at radius 1 is 0.821 bits per heavy atom. The van der Waals surface area contributed by atoms with E-state index in [2.05, 4.69) is 36.3 Å². The molecule has 5 nitrogen and oxygen atoms in total. The molecule has 0 spiro atoms. The van der Waals surface area contributed by atoms with Gasteiger partial charge in [-0.2, -0.15) is 5.10 Å². The Kier molecular flexibility index (Phi) is 6.73. The van der Waals surface area contributed by atoms with E-state index >= 15 is 0 Å². The fourth-order valence-electron chi connectivity index (χ4n) is 2.81. The zero-order chi connectivity index (χ0) is 19.8. The summed E-state index contributed by atoms with van der Waals surface area (Å²) < 4.78 is 16.2. The van der Waals surface area contributed by atoms with Gasteiger partial charge < -0.3 is 13.9 Å². The van der Waals surface area contributed by atoms with Gasteiger partial charge in [0.15, 0.2) is 0 Å². The number of rotatable bonds is 9. The molecule has 3 aromatic rings. The summed E-state index contributed by atoms with van der Waals surface area (Å²) in [4.78, 5) is 0.